The van der Waals surface area contributed by atoms with Crippen LogP contribution < -0.4 is 5.73 Å². The summed E-state index contributed by atoms with van der Waals surface area (Å²) < 4.78 is 25.3. The van der Waals surface area contributed by atoms with Gasteiger partial charge in [0, 0.05) is 17.1 Å². The molecule has 82 valence electrons. The van der Waals surface area contributed by atoms with E-state index in [0.29, 0.717) is 0 Å². The Bertz CT molecular complexity index is 398. The molecule has 0 aliphatic heterocycles. The molecule has 0 aliphatic rings. The van der Waals surface area contributed by atoms with Crippen molar-refractivity contribution in [3.63, 3.8) is 0 Å². The van der Waals surface area contributed by atoms with Gasteiger partial charge in [-0.2, -0.15) is 0 Å². The lowest BCUT2D eigenvalue weighted by Gasteiger charge is -2.11. The first-order valence-electron chi connectivity index (χ1n) is 3.83. The average molecular weight is 281 g/mol. The largest absolute Gasteiger partial charge is 0.478 e. The summed E-state index contributed by atoms with van der Waals surface area (Å²) in [5.41, 5.74) is 4.16. The van der Waals surface area contributed by atoms with Crippen LogP contribution in [0.3, 0.4) is 0 Å². The van der Waals surface area contributed by atoms with Gasteiger partial charge in [-0.3, -0.25) is 0 Å². The van der Waals surface area contributed by atoms with Crippen LogP contribution in [0.1, 0.15) is 27.9 Å². The number of carboxylic acids is 1. The molecule has 0 aliphatic carbocycles. The van der Waals surface area contributed by atoms with Crippen LogP contribution in [-0.4, -0.2) is 16.1 Å². The Balaban J connectivity index is 3.51. The van der Waals surface area contributed by atoms with Crippen molar-refractivity contribution >= 4 is 27.7 Å². The molecular formula is C8H7BrF2N2O2. The molecule has 4 nitrogen and oxygen atoms in total. The molecule has 0 saturated carbocycles. The van der Waals surface area contributed by atoms with Crippen molar-refractivity contribution in [3.05, 3.63) is 22.9 Å². The normalized spacial score (nSPS) is 10.7. The van der Waals surface area contributed by atoms with E-state index in [-0.39, 0.29) is 10.9 Å². The van der Waals surface area contributed by atoms with E-state index >= 15 is 0 Å². The SMILES string of the molecule is Nc1ncc(CBr)c(C(F)F)c1C(=O)O. The molecule has 0 fully saturated rings. The molecule has 1 aromatic heterocycles. The van der Waals surface area contributed by atoms with Gasteiger partial charge in [0.1, 0.15) is 11.4 Å². The van der Waals surface area contributed by atoms with Gasteiger partial charge in [0.15, 0.2) is 0 Å². The number of nitrogens with two attached hydrogens (primary N) is 1. The van der Waals surface area contributed by atoms with E-state index in [2.05, 4.69) is 20.9 Å². The van der Waals surface area contributed by atoms with E-state index in [0.717, 1.165) is 6.20 Å². The topological polar surface area (TPSA) is 76.2 Å². The van der Waals surface area contributed by atoms with Gasteiger partial charge in [-0.15, -0.1) is 0 Å². The van der Waals surface area contributed by atoms with Crippen molar-refractivity contribution in [2.24, 2.45) is 0 Å². The molecule has 0 aromatic carbocycles. The molecule has 0 radical (unpaired) electrons. The van der Waals surface area contributed by atoms with Crippen LogP contribution >= 0.6 is 15.9 Å². The van der Waals surface area contributed by atoms with Crippen LogP contribution in [0, 0.1) is 0 Å². The fraction of sp³-hybridized carbons (Fsp3) is 0.250. The highest BCUT2D eigenvalue weighted by Crippen LogP contribution is 2.30. The smallest absolute Gasteiger partial charge is 0.339 e. The minimum atomic E-state index is -2.89. The standard InChI is InChI=1S/C8H7BrF2N2O2/c9-1-3-2-13-7(12)5(8(14)15)4(3)6(10)11/h2,6H,1H2,(H2,12,13)(H,14,15). The molecule has 0 bridgehead atoms. The molecule has 1 heterocycles. The molecule has 3 N–H and O–H groups in total. The Morgan fingerprint density at radius 3 is 2.67 bits per heavy atom. The van der Waals surface area contributed by atoms with E-state index in [9.17, 15) is 13.6 Å². The van der Waals surface area contributed by atoms with Gasteiger partial charge in [-0.25, -0.2) is 18.6 Å². The van der Waals surface area contributed by atoms with Gasteiger partial charge >= 0.3 is 5.97 Å². The maximum atomic E-state index is 12.6. The number of aromatic carboxylic acids is 1. The fourth-order valence-corrected chi connectivity index (χ4v) is 1.61. The zero-order valence-corrected chi connectivity index (χ0v) is 8.96. The second-order valence-corrected chi connectivity index (χ2v) is 3.26. The van der Waals surface area contributed by atoms with E-state index in [1.807, 2.05) is 0 Å². The van der Waals surface area contributed by atoms with Crippen LogP contribution in [0.15, 0.2) is 6.20 Å². The maximum absolute atomic E-state index is 12.6. The molecule has 0 amide bonds. The summed E-state index contributed by atoms with van der Waals surface area (Å²) in [4.78, 5) is 14.3. The first kappa shape index (κ1) is 11.8. The van der Waals surface area contributed by atoms with Gasteiger partial charge in [-0.05, 0) is 5.56 Å². The van der Waals surface area contributed by atoms with Crippen molar-refractivity contribution in [1.29, 1.82) is 0 Å². The van der Waals surface area contributed by atoms with Gasteiger partial charge in [0.05, 0.1) is 0 Å². The monoisotopic (exact) mass is 280 g/mol. The number of carboxylic acid groups (broad SMARTS) is 1. The fourth-order valence-electron chi connectivity index (χ4n) is 1.16. The predicted octanol–water partition coefficient (Wildman–Crippen LogP) is 2.19. The van der Waals surface area contributed by atoms with E-state index < -0.39 is 29.3 Å². The summed E-state index contributed by atoms with van der Waals surface area (Å²) in [6, 6.07) is 0. The second kappa shape index (κ2) is 4.52. The first-order chi connectivity index (χ1) is 6.99. The highest BCUT2D eigenvalue weighted by molar-refractivity contribution is 9.08. The summed E-state index contributed by atoms with van der Waals surface area (Å²) in [5.74, 6) is -1.90. The van der Waals surface area contributed by atoms with Gasteiger partial charge in [-0.1, -0.05) is 15.9 Å². The summed E-state index contributed by atoms with van der Waals surface area (Å²) in [6.07, 6.45) is -1.76. The molecular weight excluding hydrogens is 274 g/mol. The number of hydrogen-bond acceptors (Lipinski definition) is 3. The number of carbonyl (C=O) groups is 1. The quantitative estimate of drug-likeness (QED) is 0.833. The Morgan fingerprint density at radius 2 is 2.27 bits per heavy atom. The lowest BCUT2D eigenvalue weighted by molar-refractivity contribution is 0.0685. The Labute approximate surface area is 92.2 Å². The number of pyridine rings is 1. The van der Waals surface area contributed by atoms with Crippen LogP contribution in [0.25, 0.3) is 0 Å². The molecule has 15 heavy (non-hydrogen) atoms. The Morgan fingerprint density at radius 1 is 1.67 bits per heavy atom. The van der Waals surface area contributed by atoms with Crippen LogP contribution in [0.2, 0.25) is 0 Å². The molecule has 0 atom stereocenters. The highest BCUT2D eigenvalue weighted by Gasteiger charge is 2.24. The number of halogens is 3. The van der Waals surface area contributed by atoms with Gasteiger partial charge in [0.25, 0.3) is 6.43 Å². The van der Waals surface area contributed by atoms with Gasteiger partial charge < -0.3 is 10.8 Å². The second-order valence-electron chi connectivity index (χ2n) is 2.70. The number of anilines is 1. The van der Waals surface area contributed by atoms with Crippen molar-refractivity contribution in [2.75, 3.05) is 5.73 Å². The molecule has 1 rings (SSSR count). The Kier molecular flexibility index (Phi) is 3.57. The Hall–Kier alpha value is -1.24. The van der Waals surface area contributed by atoms with Crippen molar-refractivity contribution in [2.45, 2.75) is 11.8 Å². The lowest BCUT2D eigenvalue weighted by Crippen LogP contribution is -2.11. The minimum absolute atomic E-state index is 0.0975. The summed E-state index contributed by atoms with van der Waals surface area (Å²) in [5, 5.41) is 8.84. The first-order valence-corrected chi connectivity index (χ1v) is 4.95. The van der Waals surface area contributed by atoms with E-state index in [4.69, 9.17) is 10.8 Å². The summed E-state index contributed by atoms with van der Waals surface area (Å²) in [6.45, 7) is 0. The number of nitrogens with zero attached hydrogens (tertiary/aromatic N) is 1. The third-order valence-electron chi connectivity index (χ3n) is 1.81. The number of aromatic nitrogens is 1. The highest BCUT2D eigenvalue weighted by atomic mass is 79.9. The van der Waals surface area contributed by atoms with Crippen molar-refractivity contribution in [3.8, 4) is 0 Å². The molecule has 0 spiro atoms. The summed E-state index contributed by atoms with van der Waals surface area (Å²) in [7, 11) is 0. The average Bonchev–Trinajstić information content (AvgIpc) is 2.16. The van der Waals surface area contributed by atoms with Crippen molar-refractivity contribution in [1.82, 2.24) is 4.98 Å². The molecule has 0 saturated heterocycles. The third-order valence-corrected chi connectivity index (χ3v) is 2.41. The van der Waals surface area contributed by atoms with E-state index in [1.165, 1.54) is 0 Å². The predicted molar refractivity (Wildman–Crippen MR) is 53.2 cm³/mol. The number of nitrogen functional groups attached to an aromatic ring is 1. The molecule has 7 heteroatoms. The van der Waals surface area contributed by atoms with Crippen LogP contribution in [-0.2, 0) is 5.33 Å². The zero-order valence-electron chi connectivity index (χ0n) is 7.38. The van der Waals surface area contributed by atoms with Crippen LogP contribution in [0.5, 0.6) is 0 Å². The minimum Gasteiger partial charge on any atom is -0.478 e. The third kappa shape index (κ3) is 2.23. The number of rotatable bonds is 3. The van der Waals surface area contributed by atoms with Gasteiger partial charge in [0.2, 0.25) is 0 Å². The lowest BCUT2D eigenvalue weighted by atomic mass is 10.1. The number of alkyl halides is 3. The molecule has 1 aromatic rings. The summed E-state index contributed by atoms with van der Waals surface area (Å²) >= 11 is 2.98. The maximum Gasteiger partial charge on any atom is 0.339 e. The zero-order chi connectivity index (χ0) is 11.6. The number of hydrogen-bond donors (Lipinski definition) is 2. The molecule has 0 unspecified atom stereocenters. The van der Waals surface area contributed by atoms with E-state index in [1.54, 1.807) is 0 Å². The van der Waals surface area contributed by atoms with Crippen molar-refractivity contribution < 1.29 is 18.7 Å². The van der Waals surface area contributed by atoms with Crippen LogP contribution in [0.4, 0.5) is 14.6 Å².